The normalized spacial score (nSPS) is 16.8. The number of nitrogens with one attached hydrogen (secondary N) is 1. The summed E-state index contributed by atoms with van der Waals surface area (Å²) < 4.78 is 44.3. The molecule has 2 aromatic rings. The number of hydrogen-bond acceptors (Lipinski definition) is 3. The Balaban J connectivity index is 1.11. The number of unbranched alkanes of at least 4 members (excludes halogenated alkanes) is 4. The molecule has 1 fully saturated rings. The number of para-hydroxylation sites is 2. The third-order valence-electron chi connectivity index (χ3n) is 7.08. The van der Waals surface area contributed by atoms with Gasteiger partial charge in [-0.3, -0.25) is 9.59 Å². The predicted octanol–water partition coefficient (Wildman–Crippen LogP) is 5.94. The van der Waals surface area contributed by atoms with Crippen molar-refractivity contribution in [2.75, 3.05) is 25.0 Å². The molecule has 35 heavy (non-hydrogen) atoms. The number of likely N-dealkylation sites (tertiary alicyclic amines) is 1. The van der Waals surface area contributed by atoms with Crippen LogP contribution in [0.1, 0.15) is 62.5 Å². The van der Waals surface area contributed by atoms with Gasteiger partial charge in [0.05, 0.1) is 17.6 Å². The quantitative estimate of drug-likeness (QED) is 0.445. The highest BCUT2D eigenvalue weighted by Gasteiger charge is 2.48. The van der Waals surface area contributed by atoms with Gasteiger partial charge in [0.1, 0.15) is 5.75 Å². The van der Waals surface area contributed by atoms with Crippen molar-refractivity contribution in [3.05, 3.63) is 59.7 Å². The second-order valence-electron chi connectivity index (χ2n) is 9.32. The molecule has 0 aromatic heterocycles. The van der Waals surface area contributed by atoms with Gasteiger partial charge < -0.3 is 15.0 Å². The zero-order valence-corrected chi connectivity index (χ0v) is 19.7. The van der Waals surface area contributed by atoms with Crippen LogP contribution in [0.25, 0.3) is 0 Å². The van der Waals surface area contributed by atoms with E-state index in [0.717, 1.165) is 43.0 Å². The molecule has 2 heterocycles. The average Bonchev–Trinajstić information content (AvgIpc) is 3.11. The third kappa shape index (κ3) is 5.63. The summed E-state index contributed by atoms with van der Waals surface area (Å²) in [5.74, 6) is 0.0304. The van der Waals surface area contributed by atoms with E-state index in [1.54, 1.807) is 0 Å². The molecule has 1 N–H and O–H groups in total. The van der Waals surface area contributed by atoms with Gasteiger partial charge in [0.2, 0.25) is 11.8 Å². The minimum atomic E-state index is -4.42. The second-order valence-corrected chi connectivity index (χ2v) is 9.32. The Hall–Kier alpha value is -3.03. The van der Waals surface area contributed by atoms with Gasteiger partial charge in [-0.25, -0.2) is 0 Å². The van der Waals surface area contributed by atoms with Crippen LogP contribution in [0.2, 0.25) is 0 Å². The molecule has 0 bridgehead atoms. The molecule has 4 rings (SSSR count). The summed E-state index contributed by atoms with van der Waals surface area (Å²) >= 11 is 0. The highest BCUT2D eigenvalue weighted by molar-refractivity contribution is 6.06. The van der Waals surface area contributed by atoms with Crippen LogP contribution in [0.4, 0.5) is 18.9 Å². The van der Waals surface area contributed by atoms with Gasteiger partial charge in [0, 0.05) is 25.2 Å². The van der Waals surface area contributed by atoms with E-state index in [1.165, 1.54) is 18.2 Å². The van der Waals surface area contributed by atoms with E-state index < -0.39 is 17.2 Å². The number of amides is 2. The molecule has 2 aliphatic heterocycles. The van der Waals surface area contributed by atoms with Crippen LogP contribution in [0.15, 0.2) is 48.5 Å². The molecular weight excluding hydrogens is 457 g/mol. The highest BCUT2D eigenvalue weighted by Crippen LogP contribution is 2.44. The number of halogens is 3. The number of ether oxygens (including phenoxy) is 1. The summed E-state index contributed by atoms with van der Waals surface area (Å²) in [6.07, 6.45) is 1.40. The molecule has 0 aliphatic carbocycles. The zero-order chi connectivity index (χ0) is 24.9. The lowest BCUT2D eigenvalue weighted by molar-refractivity contribution is -0.139. The Morgan fingerprint density at radius 1 is 0.943 bits per heavy atom. The van der Waals surface area contributed by atoms with E-state index in [2.05, 4.69) is 5.32 Å². The van der Waals surface area contributed by atoms with Crippen molar-refractivity contribution in [2.24, 2.45) is 0 Å². The van der Waals surface area contributed by atoms with Gasteiger partial charge in [0.25, 0.3) is 0 Å². The van der Waals surface area contributed by atoms with Crippen LogP contribution in [-0.2, 0) is 21.2 Å². The molecule has 2 amide bonds. The Morgan fingerprint density at radius 2 is 1.60 bits per heavy atom. The number of benzene rings is 2. The smallest absolute Gasteiger partial charge is 0.419 e. The van der Waals surface area contributed by atoms with Crippen molar-refractivity contribution in [3.8, 4) is 5.75 Å². The van der Waals surface area contributed by atoms with Gasteiger partial charge >= 0.3 is 6.18 Å². The Labute approximate surface area is 203 Å². The molecule has 2 aromatic carbocycles. The summed E-state index contributed by atoms with van der Waals surface area (Å²) in [5.41, 5.74) is 0.658. The summed E-state index contributed by atoms with van der Waals surface area (Å²) in [6.45, 7) is 1.40. The van der Waals surface area contributed by atoms with Crippen LogP contribution in [-0.4, -0.2) is 36.4 Å². The lowest BCUT2D eigenvalue weighted by Gasteiger charge is -2.38. The molecule has 1 spiro atoms. The maximum absolute atomic E-state index is 13.0. The largest absolute Gasteiger partial charge is 0.493 e. The first-order valence-electron chi connectivity index (χ1n) is 12.3. The zero-order valence-electron chi connectivity index (χ0n) is 19.7. The fraction of sp³-hybridized carbons (Fsp3) is 0.481. The monoisotopic (exact) mass is 488 g/mol. The molecule has 0 saturated carbocycles. The maximum Gasteiger partial charge on any atom is 0.419 e. The molecule has 8 heteroatoms. The van der Waals surface area contributed by atoms with E-state index in [0.29, 0.717) is 38.8 Å². The van der Waals surface area contributed by atoms with Gasteiger partial charge in [-0.15, -0.1) is 0 Å². The second kappa shape index (κ2) is 10.7. The third-order valence-corrected chi connectivity index (χ3v) is 7.08. The van der Waals surface area contributed by atoms with E-state index >= 15 is 0 Å². The number of piperidine rings is 1. The molecule has 5 nitrogen and oxygen atoms in total. The van der Waals surface area contributed by atoms with Crippen LogP contribution in [0, 0.1) is 0 Å². The van der Waals surface area contributed by atoms with E-state index in [-0.39, 0.29) is 24.2 Å². The topological polar surface area (TPSA) is 58.6 Å². The molecule has 0 atom stereocenters. The Kier molecular flexibility index (Phi) is 7.67. The van der Waals surface area contributed by atoms with Crippen molar-refractivity contribution >= 4 is 17.5 Å². The van der Waals surface area contributed by atoms with E-state index in [1.807, 2.05) is 29.2 Å². The van der Waals surface area contributed by atoms with E-state index in [4.69, 9.17) is 4.74 Å². The molecule has 0 unspecified atom stereocenters. The molecule has 2 aliphatic rings. The van der Waals surface area contributed by atoms with Crippen LogP contribution in [0.5, 0.6) is 5.75 Å². The maximum atomic E-state index is 13.0. The lowest BCUT2D eigenvalue weighted by atomic mass is 9.73. The van der Waals surface area contributed by atoms with Gasteiger partial charge in [-0.2, -0.15) is 13.2 Å². The Morgan fingerprint density at radius 3 is 2.37 bits per heavy atom. The number of anilines is 1. The van der Waals surface area contributed by atoms with Crippen molar-refractivity contribution in [1.82, 2.24) is 4.90 Å². The molecule has 0 radical (unpaired) electrons. The highest BCUT2D eigenvalue weighted by atomic mass is 19.4. The lowest BCUT2D eigenvalue weighted by Crippen LogP contribution is -2.48. The van der Waals surface area contributed by atoms with Gasteiger partial charge in [-0.1, -0.05) is 49.6 Å². The van der Waals surface area contributed by atoms with Crippen molar-refractivity contribution in [1.29, 1.82) is 0 Å². The van der Waals surface area contributed by atoms with Crippen molar-refractivity contribution in [3.63, 3.8) is 0 Å². The summed E-state index contributed by atoms with van der Waals surface area (Å²) in [7, 11) is 0. The van der Waals surface area contributed by atoms with Crippen LogP contribution < -0.4 is 10.1 Å². The minimum absolute atomic E-state index is 0.0386. The van der Waals surface area contributed by atoms with Gasteiger partial charge in [0.15, 0.2) is 0 Å². The van der Waals surface area contributed by atoms with Crippen molar-refractivity contribution in [2.45, 2.75) is 63.0 Å². The van der Waals surface area contributed by atoms with Crippen molar-refractivity contribution < 1.29 is 27.5 Å². The number of hydrogen-bond donors (Lipinski definition) is 1. The van der Waals surface area contributed by atoms with E-state index in [9.17, 15) is 22.8 Å². The first-order chi connectivity index (χ1) is 16.8. The fourth-order valence-electron chi connectivity index (χ4n) is 5.08. The first-order valence-corrected chi connectivity index (χ1v) is 12.3. The summed E-state index contributed by atoms with van der Waals surface area (Å²) in [4.78, 5) is 27.2. The van der Waals surface area contributed by atoms with Crippen LogP contribution >= 0.6 is 0 Å². The standard InChI is InChI=1S/C27H31F3N2O3/c28-27(29,30)21-11-6-8-13-23(21)35-19-9-3-1-2-4-14-24(33)32-17-15-26(16-18-32)20-10-5-7-12-22(20)31-25(26)34/h5-8,10-13H,1-4,9,14-19H2,(H,31,34). The molecule has 188 valence electrons. The molecular formula is C27H31F3N2O3. The number of rotatable bonds is 9. The average molecular weight is 489 g/mol. The Bertz CT molecular complexity index is 1050. The minimum Gasteiger partial charge on any atom is -0.493 e. The van der Waals surface area contributed by atoms with Crippen LogP contribution in [0.3, 0.4) is 0 Å². The summed E-state index contributed by atoms with van der Waals surface area (Å²) in [5, 5.41) is 2.98. The first kappa shape index (κ1) is 25.1. The number of nitrogens with zero attached hydrogens (tertiary/aromatic N) is 1. The number of carbonyl (C=O) groups is 2. The SMILES string of the molecule is O=C(CCCCCCCOc1ccccc1C(F)(F)F)N1CCC2(CC1)C(=O)Nc1ccccc12. The number of carbonyl (C=O) groups excluding carboxylic acids is 2. The van der Waals surface area contributed by atoms with Gasteiger partial charge in [-0.05, 0) is 49.4 Å². The number of fused-ring (bicyclic) bond motifs is 2. The summed E-state index contributed by atoms with van der Waals surface area (Å²) in [6, 6.07) is 13.0. The fourth-order valence-corrected chi connectivity index (χ4v) is 5.08. The molecule has 1 saturated heterocycles. The predicted molar refractivity (Wildman–Crippen MR) is 127 cm³/mol. The number of alkyl halides is 3.